The molecule has 0 aliphatic carbocycles. The van der Waals surface area contributed by atoms with Crippen LogP contribution in [0.25, 0.3) is 0 Å². The molecular formula is C19H20FN3O3. The number of allylic oxidation sites excluding steroid dienone is 1. The number of hydrogen-bond acceptors (Lipinski definition) is 5. The molecule has 0 bridgehead atoms. The number of nitrogens with zero attached hydrogens (tertiary/aromatic N) is 2. The Bertz CT molecular complexity index is 792. The smallest absolute Gasteiger partial charge is 0.228 e. The van der Waals surface area contributed by atoms with Crippen molar-refractivity contribution in [2.75, 3.05) is 19.8 Å². The van der Waals surface area contributed by atoms with E-state index in [1.54, 1.807) is 6.08 Å². The molecule has 1 aromatic carbocycles. The van der Waals surface area contributed by atoms with Crippen molar-refractivity contribution < 1.29 is 19.0 Å². The minimum atomic E-state index is -0.575. The van der Waals surface area contributed by atoms with E-state index < -0.39 is 11.4 Å². The van der Waals surface area contributed by atoms with E-state index in [1.165, 1.54) is 6.07 Å². The van der Waals surface area contributed by atoms with E-state index in [4.69, 9.17) is 4.74 Å². The Morgan fingerprint density at radius 1 is 1.42 bits per heavy atom. The van der Waals surface area contributed by atoms with Crippen LogP contribution in [0.2, 0.25) is 0 Å². The SMILES string of the molecule is N#CC1(N2C=CC(NC(=O)Cc3cc(F)ccc3O)=CC2)CCOCC1. The van der Waals surface area contributed by atoms with Gasteiger partial charge in [0.1, 0.15) is 17.1 Å². The van der Waals surface area contributed by atoms with Gasteiger partial charge in [0.25, 0.3) is 0 Å². The fraction of sp³-hybridized carbons (Fsp3) is 0.368. The van der Waals surface area contributed by atoms with Crippen LogP contribution in [0.5, 0.6) is 5.75 Å². The van der Waals surface area contributed by atoms with E-state index in [2.05, 4.69) is 11.4 Å². The number of benzene rings is 1. The molecule has 0 atom stereocenters. The predicted molar refractivity (Wildman–Crippen MR) is 92.2 cm³/mol. The number of aromatic hydroxyl groups is 1. The van der Waals surface area contributed by atoms with Crippen molar-refractivity contribution in [2.45, 2.75) is 24.8 Å². The van der Waals surface area contributed by atoms with Gasteiger partial charge in [-0.05, 0) is 30.4 Å². The minimum Gasteiger partial charge on any atom is -0.508 e. The van der Waals surface area contributed by atoms with E-state index in [0.717, 1.165) is 12.1 Å². The number of nitrogens with one attached hydrogen (secondary N) is 1. The highest BCUT2D eigenvalue weighted by molar-refractivity contribution is 5.81. The number of carbonyl (C=O) groups excluding carboxylic acids is 1. The number of carbonyl (C=O) groups is 1. The van der Waals surface area contributed by atoms with Gasteiger partial charge >= 0.3 is 0 Å². The highest BCUT2D eigenvalue weighted by Gasteiger charge is 2.37. The summed E-state index contributed by atoms with van der Waals surface area (Å²) in [5.74, 6) is -0.969. The van der Waals surface area contributed by atoms with Crippen molar-refractivity contribution in [3.05, 3.63) is 53.6 Å². The number of halogens is 1. The van der Waals surface area contributed by atoms with Gasteiger partial charge < -0.3 is 20.1 Å². The third-order valence-electron chi connectivity index (χ3n) is 4.70. The van der Waals surface area contributed by atoms with Gasteiger partial charge in [-0.25, -0.2) is 4.39 Å². The molecule has 2 aliphatic rings. The summed E-state index contributed by atoms with van der Waals surface area (Å²) in [7, 11) is 0. The highest BCUT2D eigenvalue weighted by Crippen LogP contribution is 2.29. The average molecular weight is 357 g/mol. The fourth-order valence-electron chi connectivity index (χ4n) is 3.15. The predicted octanol–water partition coefficient (Wildman–Crippen LogP) is 1.98. The molecule has 2 aliphatic heterocycles. The van der Waals surface area contributed by atoms with E-state index in [0.29, 0.717) is 38.3 Å². The number of phenolic OH excluding ortho intramolecular Hbond substituents is 1. The summed E-state index contributed by atoms with van der Waals surface area (Å²) in [5, 5.41) is 22.0. The Morgan fingerprint density at radius 2 is 2.19 bits per heavy atom. The topological polar surface area (TPSA) is 85.6 Å². The standard InChI is InChI=1S/C19H20FN3O3/c20-15-1-2-17(24)14(11-15)12-18(25)22-16-3-7-23(8-4-16)19(13-21)5-9-26-10-6-19/h1-4,7,11,24H,5-6,8-10,12H2,(H,22,25). The monoisotopic (exact) mass is 357 g/mol. The normalized spacial score (nSPS) is 18.8. The maximum Gasteiger partial charge on any atom is 0.228 e. The lowest BCUT2D eigenvalue weighted by Crippen LogP contribution is -2.49. The molecule has 1 amide bonds. The van der Waals surface area contributed by atoms with Gasteiger partial charge in [-0.1, -0.05) is 0 Å². The third kappa shape index (κ3) is 3.86. The molecule has 1 fully saturated rings. The van der Waals surface area contributed by atoms with E-state index in [-0.39, 0.29) is 23.6 Å². The summed E-state index contributed by atoms with van der Waals surface area (Å²) in [6.45, 7) is 1.62. The number of hydrogen-bond donors (Lipinski definition) is 2. The van der Waals surface area contributed by atoms with Crippen LogP contribution >= 0.6 is 0 Å². The molecule has 136 valence electrons. The maximum absolute atomic E-state index is 13.2. The van der Waals surface area contributed by atoms with Crippen molar-refractivity contribution in [3.8, 4) is 11.8 Å². The van der Waals surface area contributed by atoms with Gasteiger partial charge in [-0.15, -0.1) is 0 Å². The van der Waals surface area contributed by atoms with Crippen LogP contribution in [0.15, 0.2) is 42.2 Å². The van der Waals surface area contributed by atoms with Gasteiger partial charge in [-0.3, -0.25) is 4.79 Å². The van der Waals surface area contributed by atoms with Crippen molar-refractivity contribution in [1.82, 2.24) is 10.2 Å². The largest absolute Gasteiger partial charge is 0.508 e. The summed E-state index contributed by atoms with van der Waals surface area (Å²) >= 11 is 0. The average Bonchev–Trinajstić information content (AvgIpc) is 2.66. The molecule has 0 aromatic heterocycles. The Kier molecular flexibility index (Phi) is 5.24. The van der Waals surface area contributed by atoms with Crippen LogP contribution in [-0.4, -0.2) is 41.2 Å². The van der Waals surface area contributed by atoms with Crippen LogP contribution in [0.4, 0.5) is 4.39 Å². The van der Waals surface area contributed by atoms with Crippen molar-refractivity contribution in [1.29, 1.82) is 5.26 Å². The first-order valence-corrected chi connectivity index (χ1v) is 8.44. The van der Waals surface area contributed by atoms with Crippen LogP contribution < -0.4 is 5.32 Å². The highest BCUT2D eigenvalue weighted by atomic mass is 19.1. The second-order valence-corrected chi connectivity index (χ2v) is 6.38. The first-order valence-electron chi connectivity index (χ1n) is 8.44. The molecule has 3 rings (SSSR count). The maximum atomic E-state index is 13.2. The lowest BCUT2D eigenvalue weighted by Gasteiger charge is -2.41. The lowest BCUT2D eigenvalue weighted by atomic mass is 9.89. The summed E-state index contributed by atoms with van der Waals surface area (Å²) in [6, 6.07) is 5.91. The second kappa shape index (κ2) is 7.58. The second-order valence-electron chi connectivity index (χ2n) is 6.38. The van der Waals surface area contributed by atoms with Crippen LogP contribution in [0.3, 0.4) is 0 Å². The quantitative estimate of drug-likeness (QED) is 0.861. The Balaban J connectivity index is 1.60. The third-order valence-corrected chi connectivity index (χ3v) is 4.70. The van der Waals surface area contributed by atoms with Gasteiger partial charge in [-0.2, -0.15) is 5.26 Å². The molecule has 1 aromatic rings. The van der Waals surface area contributed by atoms with Gasteiger partial charge in [0.2, 0.25) is 5.91 Å². The van der Waals surface area contributed by atoms with Crippen LogP contribution in [-0.2, 0) is 16.0 Å². The van der Waals surface area contributed by atoms with Crippen molar-refractivity contribution >= 4 is 5.91 Å². The Labute approximate surface area is 151 Å². The van der Waals surface area contributed by atoms with E-state index in [9.17, 15) is 19.6 Å². The summed E-state index contributed by atoms with van der Waals surface area (Å²) < 4.78 is 18.6. The molecular weight excluding hydrogens is 337 g/mol. The summed E-state index contributed by atoms with van der Waals surface area (Å²) in [6.07, 6.45) is 6.53. The minimum absolute atomic E-state index is 0.114. The molecule has 1 saturated heterocycles. The van der Waals surface area contributed by atoms with Crippen LogP contribution in [0, 0.1) is 17.1 Å². The molecule has 2 N–H and O–H groups in total. The molecule has 6 nitrogen and oxygen atoms in total. The first-order chi connectivity index (χ1) is 12.5. The number of amides is 1. The number of phenols is 1. The van der Waals surface area contributed by atoms with Gasteiger partial charge in [0.05, 0.1) is 12.5 Å². The number of rotatable bonds is 4. The molecule has 0 unspecified atom stereocenters. The molecule has 0 radical (unpaired) electrons. The molecule has 0 spiro atoms. The summed E-state index contributed by atoms with van der Waals surface area (Å²) in [5.41, 5.74) is 0.270. The molecule has 2 heterocycles. The molecule has 0 saturated carbocycles. The van der Waals surface area contributed by atoms with Crippen molar-refractivity contribution in [3.63, 3.8) is 0 Å². The zero-order valence-electron chi connectivity index (χ0n) is 14.2. The van der Waals surface area contributed by atoms with Gasteiger partial charge in [0, 0.05) is 50.1 Å². The fourth-order valence-corrected chi connectivity index (χ4v) is 3.15. The molecule has 26 heavy (non-hydrogen) atoms. The Hall–Kier alpha value is -2.85. The van der Waals surface area contributed by atoms with Gasteiger partial charge in [0.15, 0.2) is 0 Å². The lowest BCUT2D eigenvalue weighted by molar-refractivity contribution is -0.119. The van der Waals surface area contributed by atoms with Crippen LogP contribution in [0.1, 0.15) is 18.4 Å². The zero-order chi connectivity index (χ0) is 18.6. The van der Waals surface area contributed by atoms with E-state index >= 15 is 0 Å². The van der Waals surface area contributed by atoms with E-state index in [1.807, 2.05) is 17.2 Å². The van der Waals surface area contributed by atoms with Crippen molar-refractivity contribution in [2.24, 2.45) is 0 Å². The molecule has 7 heteroatoms. The first kappa shape index (κ1) is 18.0. The summed E-state index contributed by atoms with van der Waals surface area (Å²) in [4.78, 5) is 14.1. The Morgan fingerprint density at radius 3 is 2.85 bits per heavy atom. The number of nitriles is 1. The number of ether oxygens (including phenoxy) is 1. The zero-order valence-corrected chi connectivity index (χ0v) is 14.2.